The zero-order valence-corrected chi connectivity index (χ0v) is 18.4. The van der Waals surface area contributed by atoms with Gasteiger partial charge in [-0.1, -0.05) is 18.2 Å². The predicted molar refractivity (Wildman–Crippen MR) is 119 cm³/mol. The molecule has 4 rings (SSSR count). The zero-order chi connectivity index (χ0) is 21.6. The largest absolute Gasteiger partial charge is 0.492 e. The van der Waals surface area contributed by atoms with Crippen LogP contribution in [-0.4, -0.2) is 58.5 Å². The number of hydrogen-bond acceptors (Lipinski definition) is 5. The number of rotatable bonds is 7. The summed E-state index contributed by atoms with van der Waals surface area (Å²) in [6.07, 6.45) is 0. The minimum absolute atomic E-state index is 0.0700. The lowest BCUT2D eigenvalue weighted by Crippen LogP contribution is -3.15. The van der Waals surface area contributed by atoms with E-state index in [1.165, 1.54) is 4.90 Å². The van der Waals surface area contributed by atoms with Gasteiger partial charge in [0.05, 0.1) is 44.5 Å². The number of carbonyl (C=O) groups is 1. The molecule has 1 amide bonds. The van der Waals surface area contributed by atoms with Crippen molar-refractivity contribution in [2.45, 2.75) is 19.9 Å². The molecule has 0 aliphatic carbocycles. The second-order valence-electron chi connectivity index (χ2n) is 8.01. The summed E-state index contributed by atoms with van der Waals surface area (Å²) in [5, 5.41) is 3.13. The van der Waals surface area contributed by atoms with E-state index in [2.05, 4.69) is 16.3 Å². The molecule has 2 aromatic carbocycles. The Hall–Kier alpha value is -2.93. The summed E-state index contributed by atoms with van der Waals surface area (Å²) in [5.41, 5.74) is 2.16. The van der Waals surface area contributed by atoms with E-state index in [0.29, 0.717) is 26.4 Å². The number of hydrogen-bond donors (Lipinski definition) is 2. The zero-order valence-electron chi connectivity index (χ0n) is 18.4. The summed E-state index contributed by atoms with van der Waals surface area (Å²) in [6.45, 7) is 9.94. The maximum absolute atomic E-state index is 12.7. The van der Waals surface area contributed by atoms with Crippen molar-refractivity contribution in [2.75, 3.05) is 57.4 Å². The number of nitrogens with zero attached hydrogens (tertiary/aromatic N) is 1. The molecular weight excluding hydrogens is 394 g/mol. The second-order valence-corrected chi connectivity index (χ2v) is 8.01. The summed E-state index contributed by atoms with van der Waals surface area (Å²) < 4.78 is 17.0. The molecule has 2 aliphatic rings. The van der Waals surface area contributed by atoms with Crippen molar-refractivity contribution in [3.05, 3.63) is 48.0 Å². The summed E-state index contributed by atoms with van der Waals surface area (Å²) in [5.74, 6) is 2.51. The first-order valence-electron chi connectivity index (χ1n) is 11.1. The fourth-order valence-electron chi connectivity index (χ4n) is 4.17. The normalized spacial score (nSPS) is 17.2. The Morgan fingerprint density at radius 1 is 1.13 bits per heavy atom. The number of amides is 1. The van der Waals surface area contributed by atoms with Crippen molar-refractivity contribution in [1.29, 1.82) is 0 Å². The summed E-state index contributed by atoms with van der Waals surface area (Å²) >= 11 is 0. The van der Waals surface area contributed by atoms with Crippen molar-refractivity contribution in [1.82, 2.24) is 5.32 Å². The highest BCUT2D eigenvalue weighted by Crippen LogP contribution is 2.32. The summed E-state index contributed by atoms with van der Waals surface area (Å²) in [7, 11) is 0. The van der Waals surface area contributed by atoms with E-state index in [1.807, 2.05) is 50.2 Å². The maximum Gasteiger partial charge on any atom is 0.275 e. The molecule has 2 aliphatic heterocycles. The number of para-hydroxylation sites is 2. The molecule has 1 fully saturated rings. The highest BCUT2D eigenvalue weighted by molar-refractivity contribution is 5.77. The molecule has 0 unspecified atom stereocenters. The second kappa shape index (κ2) is 9.92. The van der Waals surface area contributed by atoms with Crippen molar-refractivity contribution in [2.24, 2.45) is 0 Å². The van der Waals surface area contributed by atoms with Gasteiger partial charge < -0.3 is 29.3 Å². The van der Waals surface area contributed by atoms with Crippen molar-refractivity contribution < 1.29 is 23.9 Å². The minimum Gasteiger partial charge on any atom is -0.492 e. The van der Waals surface area contributed by atoms with Gasteiger partial charge in [0.2, 0.25) is 0 Å². The first-order valence-corrected chi connectivity index (χ1v) is 11.1. The van der Waals surface area contributed by atoms with Gasteiger partial charge in [-0.25, -0.2) is 0 Å². The smallest absolute Gasteiger partial charge is 0.275 e. The number of quaternary nitrogens is 1. The first-order chi connectivity index (χ1) is 15.1. The van der Waals surface area contributed by atoms with Crippen LogP contribution in [0.5, 0.6) is 17.2 Å². The molecule has 0 aromatic heterocycles. The molecule has 0 spiro atoms. The lowest BCUT2D eigenvalue weighted by molar-refractivity contribution is -0.892. The minimum atomic E-state index is -0.0814. The quantitative estimate of drug-likeness (QED) is 0.702. The maximum atomic E-state index is 12.7. The topological polar surface area (TPSA) is 64.5 Å². The van der Waals surface area contributed by atoms with Gasteiger partial charge in [-0.3, -0.25) is 4.79 Å². The number of ether oxygens (including phenoxy) is 3. The lowest BCUT2D eigenvalue weighted by Gasteiger charge is -2.34. The van der Waals surface area contributed by atoms with Crippen molar-refractivity contribution in [3.63, 3.8) is 0 Å². The van der Waals surface area contributed by atoms with Gasteiger partial charge >= 0.3 is 0 Å². The van der Waals surface area contributed by atoms with Gasteiger partial charge in [-0.15, -0.1) is 0 Å². The van der Waals surface area contributed by atoms with Gasteiger partial charge in [0, 0.05) is 0 Å². The number of anilines is 1. The number of benzene rings is 2. The molecule has 31 heavy (non-hydrogen) atoms. The Morgan fingerprint density at radius 3 is 2.65 bits per heavy atom. The summed E-state index contributed by atoms with van der Waals surface area (Å²) in [6, 6.07) is 14.0. The highest BCUT2D eigenvalue weighted by Gasteiger charge is 2.25. The average molecular weight is 427 g/mol. The van der Waals surface area contributed by atoms with Crippen LogP contribution in [0.4, 0.5) is 5.69 Å². The Bertz CT molecular complexity index is 896. The first kappa shape index (κ1) is 21.3. The fourth-order valence-corrected chi connectivity index (χ4v) is 4.17. The molecule has 7 heteroatoms. The van der Waals surface area contributed by atoms with E-state index in [4.69, 9.17) is 14.2 Å². The van der Waals surface area contributed by atoms with Gasteiger partial charge in [0.15, 0.2) is 18.0 Å². The number of carbonyl (C=O) groups excluding carboxylic acids is 1. The Balaban J connectivity index is 1.27. The molecule has 0 saturated carbocycles. The number of nitrogens with one attached hydrogen (secondary N) is 2. The van der Waals surface area contributed by atoms with E-state index < -0.39 is 0 Å². The van der Waals surface area contributed by atoms with Crippen LogP contribution in [0.1, 0.15) is 25.5 Å². The van der Waals surface area contributed by atoms with Gasteiger partial charge in [-0.2, -0.15) is 0 Å². The van der Waals surface area contributed by atoms with Crippen LogP contribution in [-0.2, 0) is 4.79 Å². The monoisotopic (exact) mass is 426 g/mol. The fraction of sp³-hybridized carbons (Fsp3) is 0.458. The molecule has 1 saturated heterocycles. The van der Waals surface area contributed by atoms with E-state index >= 15 is 0 Å². The van der Waals surface area contributed by atoms with Gasteiger partial charge in [0.25, 0.3) is 5.91 Å². The van der Waals surface area contributed by atoms with Crippen LogP contribution < -0.4 is 29.3 Å². The van der Waals surface area contributed by atoms with Crippen LogP contribution in [0.15, 0.2) is 42.5 Å². The third-order valence-electron chi connectivity index (χ3n) is 5.83. The molecule has 2 N–H and O–H groups in total. The molecule has 2 heterocycles. The van der Waals surface area contributed by atoms with E-state index in [1.54, 1.807) is 0 Å². The Morgan fingerprint density at radius 2 is 1.87 bits per heavy atom. The SMILES string of the molecule is CCOc1ccccc1N1CC[NH+](CC(=O)N[C@@H](C)c2ccc3c(c2)OCCO3)CC1. The molecule has 0 bridgehead atoms. The third-order valence-corrected chi connectivity index (χ3v) is 5.83. The van der Waals surface area contributed by atoms with Crippen LogP contribution in [0.3, 0.4) is 0 Å². The number of piperazine rings is 1. The number of fused-ring (bicyclic) bond motifs is 1. The average Bonchev–Trinajstić information content (AvgIpc) is 2.80. The molecule has 166 valence electrons. The summed E-state index contributed by atoms with van der Waals surface area (Å²) in [4.78, 5) is 16.3. The predicted octanol–water partition coefficient (Wildman–Crippen LogP) is 1.44. The molecule has 0 radical (unpaired) electrons. The standard InChI is InChI=1S/C24H31N3O4/c1-3-29-21-7-5-4-6-20(21)27-12-10-26(11-13-27)17-24(28)25-18(2)19-8-9-22-23(16-19)31-15-14-30-22/h4-9,16,18H,3,10-15,17H2,1-2H3,(H,25,28)/p+1/t18-/m0/s1. The van der Waals surface area contributed by atoms with Crippen LogP contribution >= 0.6 is 0 Å². The third kappa shape index (κ3) is 5.22. The van der Waals surface area contributed by atoms with E-state index in [0.717, 1.165) is 54.7 Å². The van der Waals surface area contributed by atoms with E-state index in [-0.39, 0.29) is 11.9 Å². The molecule has 7 nitrogen and oxygen atoms in total. The Labute approximate surface area is 183 Å². The van der Waals surface area contributed by atoms with Gasteiger partial charge in [-0.05, 0) is 43.7 Å². The lowest BCUT2D eigenvalue weighted by atomic mass is 10.1. The van der Waals surface area contributed by atoms with Crippen molar-refractivity contribution in [3.8, 4) is 17.2 Å². The van der Waals surface area contributed by atoms with E-state index in [9.17, 15) is 4.79 Å². The van der Waals surface area contributed by atoms with Crippen LogP contribution in [0.2, 0.25) is 0 Å². The molecular formula is C24H32N3O4+. The Kier molecular flexibility index (Phi) is 6.82. The molecule has 1 atom stereocenters. The molecule has 2 aromatic rings. The van der Waals surface area contributed by atoms with Crippen LogP contribution in [0, 0.1) is 0 Å². The van der Waals surface area contributed by atoms with Gasteiger partial charge in [0.1, 0.15) is 19.0 Å². The van der Waals surface area contributed by atoms with Crippen molar-refractivity contribution >= 4 is 11.6 Å². The highest BCUT2D eigenvalue weighted by atomic mass is 16.6. The van der Waals surface area contributed by atoms with Crippen LogP contribution in [0.25, 0.3) is 0 Å².